The number of rotatable bonds is 5. The third-order valence-corrected chi connectivity index (χ3v) is 3.96. The largest absolute Gasteiger partial charge is 0.396 e. The van der Waals surface area contributed by atoms with E-state index in [1.165, 1.54) is 0 Å². The Morgan fingerprint density at radius 1 is 1.33 bits per heavy atom. The molecule has 1 amide bonds. The van der Waals surface area contributed by atoms with E-state index in [-0.39, 0.29) is 23.8 Å². The number of carbonyl (C=O) groups is 1. The van der Waals surface area contributed by atoms with Crippen LogP contribution in [-0.2, 0) is 5.41 Å². The van der Waals surface area contributed by atoms with Crippen molar-refractivity contribution < 1.29 is 9.90 Å². The van der Waals surface area contributed by atoms with Crippen molar-refractivity contribution in [1.82, 2.24) is 15.1 Å². The van der Waals surface area contributed by atoms with Gasteiger partial charge in [0.2, 0.25) is 0 Å². The topological polar surface area (TPSA) is 67.2 Å². The average molecular weight is 350 g/mol. The molecule has 1 atom stereocenters. The van der Waals surface area contributed by atoms with Gasteiger partial charge in [0.1, 0.15) is 0 Å². The van der Waals surface area contributed by atoms with Crippen LogP contribution in [0.3, 0.4) is 0 Å². The van der Waals surface area contributed by atoms with Gasteiger partial charge in [-0.1, -0.05) is 39.3 Å². The predicted octanol–water partition coefficient (Wildman–Crippen LogP) is 3.18. The minimum absolute atomic E-state index is 0.00869. The van der Waals surface area contributed by atoms with Crippen molar-refractivity contribution in [3.8, 4) is 5.69 Å². The lowest BCUT2D eigenvalue weighted by Gasteiger charge is -2.20. The second-order valence-corrected chi connectivity index (χ2v) is 7.49. The summed E-state index contributed by atoms with van der Waals surface area (Å²) in [6.07, 6.45) is 0. The summed E-state index contributed by atoms with van der Waals surface area (Å²) in [6, 6.07) is 9.16. The highest BCUT2D eigenvalue weighted by Crippen LogP contribution is 2.26. The predicted molar refractivity (Wildman–Crippen MR) is 95.9 cm³/mol. The molecule has 2 aromatic rings. The molecule has 2 rings (SSSR count). The van der Waals surface area contributed by atoms with Gasteiger partial charge in [0.25, 0.3) is 5.91 Å². The molecule has 6 heteroatoms. The molecular weight excluding hydrogens is 326 g/mol. The Morgan fingerprint density at radius 3 is 2.50 bits per heavy atom. The van der Waals surface area contributed by atoms with E-state index in [2.05, 4.69) is 31.2 Å². The Morgan fingerprint density at radius 2 is 1.96 bits per heavy atom. The molecule has 0 saturated heterocycles. The highest BCUT2D eigenvalue weighted by molar-refractivity contribution is 6.30. The van der Waals surface area contributed by atoms with Crippen LogP contribution in [-0.4, -0.2) is 33.9 Å². The Kier molecular flexibility index (Phi) is 5.67. The molecule has 0 saturated carbocycles. The molecule has 1 unspecified atom stereocenters. The van der Waals surface area contributed by atoms with E-state index in [4.69, 9.17) is 16.7 Å². The van der Waals surface area contributed by atoms with E-state index in [0.29, 0.717) is 17.3 Å². The first kappa shape index (κ1) is 18.5. The zero-order chi connectivity index (χ0) is 17.9. The maximum atomic E-state index is 12.4. The number of hydrogen-bond acceptors (Lipinski definition) is 3. The van der Waals surface area contributed by atoms with Crippen molar-refractivity contribution in [1.29, 1.82) is 0 Å². The average Bonchev–Trinajstić information content (AvgIpc) is 2.98. The van der Waals surface area contributed by atoms with E-state index in [1.807, 2.05) is 25.1 Å². The molecule has 1 aromatic carbocycles. The van der Waals surface area contributed by atoms with Crippen LogP contribution < -0.4 is 5.32 Å². The number of nitrogens with zero attached hydrogens (tertiary/aromatic N) is 2. The summed E-state index contributed by atoms with van der Waals surface area (Å²) in [5.74, 6) is -0.233. The first-order valence-electron chi connectivity index (χ1n) is 7.98. The van der Waals surface area contributed by atoms with Gasteiger partial charge in [-0.15, -0.1) is 0 Å². The number of carbonyl (C=O) groups excluding carboxylic acids is 1. The van der Waals surface area contributed by atoms with Crippen molar-refractivity contribution in [2.75, 3.05) is 13.2 Å². The molecule has 24 heavy (non-hydrogen) atoms. The number of halogens is 1. The normalized spacial score (nSPS) is 12.9. The Bertz CT molecular complexity index is 702. The number of nitrogens with one attached hydrogen (secondary N) is 1. The van der Waals surface area contributed by atoms with Gasteiger partial charge in [-0.25, -0.2) is 4.68 Å². The van der Waals surface area contributed by atoms with Crippen molar-refractivity contribution in [2.24, 2.45) is 5.92 Å². The van der Waals surface area contributed by atoms with E-state index in [0.717, 1.165) is 11.4 Å². The minimum atomic E-state index is -0.242. The van der Waals surface area contributed by atoms with Crippen molar-refractivity contribution in [3.05, 3.63) is 46.7 Å². The monoisotopic (exact) mass is 349 g/mol. The van der Waals surface area contributed by atoms with Gasteiger partial charge in [0, 0.05) is 23.6 Å². The molecule has 0 aliphatic carbocycles. The number of benzene rings is 1. The van der Waals surface area contributed by atoms with Crippen LogP contribution in [0, 0.1) is 5.92 Å². The van der Waals surface area contributed by atoms with E-state index < -0.39 is 0 Å². The maximum Gasteiger partial charge on any atom is 0.271 e. The number of amides is 1. The summed E-state index contributed by atoms with van der Waals surface area (Å²) < 4.78 is 1.78. The molecule has 0 aliphatic heterocycles. The Balaban J connectivity index is 2.35. The second-order valence-electron chi connectivity index (χ2n) is 7.05. The summed E-state index contributed by atoms with van der Waals surface area (Å²) in [4.78, 5) is 12.4. The molecule has 0 spiro atoms. The fourth-order valence-corrected chi connectivity index (χ4v) is 2.35. The van der Waals surface area contributed by atoms with Gasteiger partial charge >= 0.3 is 0 Å². The number of aromatic nitrogens is 2. The minimum Gasteiger partial charge on any atom is -0.396 e. The fraction of sp³-hybridized carbons (Fsp3) is 0.444. The first-order chi connectivity index (χ1) is 11.2. The first-order valence-corrected chi connectivity index (χ1v) is 8.35. The van der Waals surface area contributed by atoms with Gasteiger partial charge in [-0.2, -0.15) is 5.10 Å². The van der Waals surface area contributed by atoms with Gasteiger partial charge < -0.3 is 10.4 Å². The van der Waals surface area contributed by atoms with Gasteiger partial charge in [-0.3, -0.25) is 4.79 Å². The summed E-state index contributed by atoms with van der Waals surface area (Å²) in [7, 11) is 0. The van der Waals surface area contributed by atoms with Crippen LogP contribution in [0.15, 0.2) is 30.3 Å². The van der Waals surface area contributed by atoms with Crippen molar-refractivity contribution in [2.45, 2.75) is 33.1 Å². The van der Waals surface area contributed by atoms with Crippen LogP contribution in [0.2, 0.25) is 5.02 Å². The van der Waals surface area contributed by atoms with Gasteiger partial charge in [0.05, 0.1) is 11.4 Å². The van der Waals surface area contributed by atoms with Crippen molar-refractivity contribution >= 4 is 17.5 Å². The lowest BCUT2D eigenvalue weighted by Crippen LogP contribution is -2.29. The van der Waals surface area contributed by atoms with Crippen LogP contribution in [0.4, 0.5) is 0 Å². The standard InChI is InChI=1S/C18H24ClN3O2/c1-12(11-23)10-20-17(24)15-9-16(18(2,3)4)22(21-15)14-7-5-13(19)6-8-14/h5-9,12,23H,10-11H2,1-4H3,(H,20,24). The highest BCUT2D eigenvalue weighted by Gasteiger charge is 2.24. The van der Waals surface area contributed by atoms with Crippen LogP contribution in [0.25, 0.3) is 5.69 Å². The summed E-state index contributed by atoms with van der Waals surface area (Å²) in [5, 5.41) is 17.0. The van der Waals surface area contributed by atoms with Gasteiger partial charge in [0.15, 0.2) is 5.69 Å². The van der Waals surface area contributed by atoms with Crippen molar-refractivity contribution in [3.63, 3.8) is 0 Å². The summed E-state index contributed by atoms with van der Waals surface area (Å²) in [6.45, 7) is 8.54. The molecular formula is C18H24ClN3O2. The third-order valence-electron chi connectivity index (χ3n) is 3.70. The zero-order valence-corrected chi connectivity index (χ0v) is 15.3. The number of aliphatic hydroxyl groups is 1. The SMILES string of the molecule is CC(CO)CNC(=O)c1cc(C(C)(C)C)n(-c2ccc(Cl)cc2)n1. The maximum absolute atomic E-state index is 12.4. The molecule has 5 nitrogen and oxygen atoms in total. The molecule has 1 heterocycles. The van der Waals surface area contributed by atoms with Crippen LogP contribution >= 0.6 is 11.6 Å². The molecule has 0 fully saturated rings. The molecule has 0 bridgehead atoms. The van der Waals surface area contributed by atoms with Gasteiger partial charge in [-0.05, 0) is 36.2 Å². The lowest BCUT2D eigenvalue weighted by molar-refractivity contribution is 0.0937. The Hall–Kier alpha value is -1.85. The fourth-order valence-electron chi connectivity index (χ4n) is 2.23. The molecule has 0 aliphatic rings. The Labute approximate surface area is 147 Å². The van der Waals surface area contributed by atoms with E-state index in [1.54, 1.807) is 16.8 Å². The quantitative estimate of drug-likeness (QED) is 0.871. The second kappa shape index (κ2) is 7.36. The van der Waals surface area contributed by atoms with Crippen LogP contribution in [0.5, 0.6) is 0 Å². The zero-order valence-electron chi connectivity index (χ0n) is 14.5. The summed E-state index contributed by atoms with van der Waals surface area (Å²) in [5.41, 5.74) is 1.97. The molecule has 0 radical (unpaired) electrons. The highest BCUT2D eigenvalue weighted by atomic mass is 35.5. The molecule has 1 aromatic heterocycles. The third kappa shape index (κ3) is 4.36. The number of hydrogen-bond donors (Lipinski definition) is 2. The smallest absolute Gasteiger partial charge is 0.271 e. The van der Waals surface area contributed by atoms with Crippen LogP contribution in [0.1, 0.15) is 43.9 Å². The van der Waals surface area contributed by atoms with E-state index >= 15 is 0 Å². The molecule has 2 N–H and O–H groups in total. The molecule has 130 valence electrons. The van der Waals surface area contributed by atoms with E-state index in [9.17, 15) is 4.79 Å². The number of aliphatic hydroxyl groups excluding tert-OH is 1. The summed E-state index contributed by atoms with van der Waals surface area (Å²) >= 11 is 5.95. The lowest BCUT2D eigenvalue weighted by atomic mass is 9.91.